The average molecular weight is 493 g/mol. The Bertz CT molecular complexity index is 1120. The molecule has 2 N–H and O–H groups in total. The molecule has 7 nitrogen and oxygen atoms in total. The van der Waals surface area contributed by atoms with E-state index in [2.05, 4.69) is 21.9 Å². The van der Waals surface area contributed by atoms with Crippen molar-refractivity contribution < 1.29 is 22.7 Å². The van der Waals surface area contributed by atoms with Crippen LogP contribution in [-0.2, 0) is 21.2 Å². The number of carbonyl (C=O) groups excluding carboxylic acids is 1. The smallest absolute Gasteiger partial charge is 0.238 e. The Morgan fingerprint density at radius 2 is 1.88 bits per heavy atom. The van der Waals surface area contributed by atoms with E-state index in [1.165, 1.54) is 0 Å². The van der Waals surface area contributed by atoms with E-state index in [9.17, 15) is 13.2 Å². The Labute approximate surface area is 200 Å². The van der Waals surface area contributed by atoms with Gasteiger partial charge in [0.05, 0.1) is 18.4 Å². The fraction of sp³-hybridized carbons (Fsp3) is 0.375. The zero-order valence-corrected chi connectivity index (χ0v) is 20.7. The van der Waals surface area contributed by atoms with Gasteiger partial charge >= 0.3 is 0 Å². The van der Waals surface area contributed by atoms with E-state index in [-0.39, 0.29) is 18.4 Å². The summed E-state index contributed by atoms with van der Waals surface area (Å²) < 4.78 is 36.5. The van der Waals surface area contributed by atoms with Crippen LogP contribution in [0.5, 0.6) is 11.5 Å². The summed E-state index contributed by atoms with van der Waals surface area (Å²) in [6.45, 7) is 4.08. The summed E-state index contributed by atoms with van der Waals surface area (Å²) in [5, 5.41) is 3.37. The van der Waals surface area contributed by atoms with Crippen molar-refractivity contribution in [2.24, 2.45) is 5.92 Å². The second-order valence-electron chi connectivity index (χ2n) is 7.71. The molecule has 1 amide bonds. The van der Waals surface area contributed by atoms with Crippen molar-refractivity contribution in [2.45, 2.75) is 26.3 Å². The summed E-state index contributed by atoms with van der Waals surface area (Å²) >= 11 is 6.09. The number of halogens is 1. The number of hydrogen-bond acceptors (Lipinski definition) is 5. The third kappa shape index (κ3) is 8.97. The first-order valence-electron chi connectivity index (χ1n) is 10.4. The normalized spacial score (nSPS) is 11.9. The predicted molar refractivity (Wildman–Crippen MR) is 130 cm³/mol. The molecule has 0 aliphatic carbocycles. The van der Waals surface area contributed by atoms with Gasteiger partial charge in [0.2, 0.25) is 15.9 Å². The molecule has 2 aromatic carbocycles. The van der Waals surface area contributed by atoms with Crippen LogP contribution in [0.3, 0.4) is 0 Å². The van der Waals surface area contributed by atoms with Crippen LogP contribution >= 0.6 is 11.6 Å². The fourth-order valence-electron chi connectivity index (χ4n) is 2.96. The molecule has 1 atom stereocenters. The Hall–Kier alpha value is -2.73. The largest absolute Gasteiger partial charge is 0.493 e. The second-order valence-corrected chi connectivity index (χ2v) is 9.90. The highest BCUT2D eigenvalue weighted by molar-refractivity contribution is 7.88. The minimum Gasteiger partial charge on any atom is -0.493 e. The van der Waals surface area contributed by atoms with E-state index in [1.807, 2.05) is 30.3 Å². The lowest BCUT2D eigenvalue weighted by atomic mass is 10.0. The van der Waals surface area contributed by atoms with Crippen LogP contribution in [0, 0.1) is 17.8 Å². The molecule has 0 aromatic heterocycles. The Balaban J connectivity index is 1.92. The minimum atomic E-state index is -3.49. The molecular weight excluding hydrogens is 464 g/mol. The molecule has 0 saturated carbocycles. The van der Waals surface area contributed by atoms with E-state index in [4.69, 9.17) is 21.1 Å². The molecule has 33 heavy (non-hydrogen) atoms. The second kappa shape index (κ2) is 12.5. The number of ether oxygens (including phenoxy) is 2. The highest BCUT2D eigenvalue weighted by Gasteiger charge is 2.24. The van der Waals surface area contributed by atoms with E-state index in [1.54, 1.807) is 33.1 Å². The number of methoxy groups -OCH3 is 1. The summed E-state index contributed by atoms with van der Waals surface area (Å²) in [6.07, 6.45) is 1.58. The monoisotopic (exact) mass is 492 g/mol. The lowest BCUT2D eigenvalue weighted by molar-refractivity contribution is -0.123. The zero-order chi connectivity index (χ0) is 24.4. The highest BCUT2D eigenvalue weighted by atomic mass is 35.5. The van der Waals surface area contributed by atoms with E-state index < -0.39 is 16.1 Å². The van der Waals surface area contributed by atoms with Gasteiger partial charge in [0.1, 0.15) is 12.6 Å². The number of benzene rings is 2. The lowest BCUT2D eigenvalue weighted by Gasteiger charge is -2.20. The molecule has 0 radical (unpaired) electrons. The standard InChI is InChI=1S/C24H29ClN2O5S/c1-17(2)23(27-33(4,29)30)24(28)26-14-13-18-11-12-21(22(16-18)31-3)32-15-7-9-19-8-5-6-10-20(19)25/h5-6,8,10-12,16-17,23,27H,13-15H2,1-4H3,(H,26,28)/t23-/m0/s1. The Morgan fingerprint density at radius 1 is 1.15 bits per heavy atom. The summed E-state index contributed by atoms with van der Waals surface area (Å²) in [7, 11) is -1.94. The van der Waals surface area contributed by atoms with Crippen molar-refractivity contribution in [1.82, 2.24) is 10.0 Å². The number of carbonyl (C=O) groups is 1. The van der Waals surface area contributed by atoms with Gasteiger partial charge in [0.25, 0.3) is 0 Å². The van der Waals surface area contributed by atoms with Gasteiger partial charge in [-0.3, -0.25) is 4.79 Å². The maximum atomic E-state index is 12.4. The van der Waals surface area contributed by atoms with Crippen LogP contribution in [0.1, 0.15) is 25.0 Å². The summed E-state index contributed by atoms with van der Waals surface area (Å²) in [6, 6.07) is 12.0. The molecule has 2 rings (SSSR count). The molecule has 0 aliphatic rings. The highest BCUT2D eigenvalue weighted by Crippen LogP contribution is 2.28. The average Bonchev–Trinajstić information content (AvgIpc) is 2.75. The summed E-state index contributed by atoms with van der Waals surface area (Å²) in [5.74, 6) is 6.46. The SMILES string of the molecule is COc1cc(CCNC(=O)[C@@H](NS(C)(=O)=O)C(C)C)ccc1OCC#Cc1ccccc1Cl. The molecule has 0 saturated heterocycles. The first-order chi connectivity index (χ1) is 15.6. The molecule has 0 bridgehead atoms. The van der Waals surface area contributed by atoms with Gasteiger partial charge < -0.3 is 14.8 Å². The van der Waals surface area contributed by atoms with E-state index in [0.29, 0.717) is 29.5 Å². The maximum absolute atomic E-state index is 12.4. The van der Waals surface area contributed by atoms with Gasteiger partial charge in [-0.1, -0.05) is 55.5 Å². The van der Waals surface area contributed by atoms with Crippen molar-refractivity contribution in [3.05, 3.63) is 58.6 Å². The third-order valence-corrected chi connectivity index (χ3v) is 5.64. The number of sulfonamides is 1. The Kier molecular flexibility index (Phi) is 10.0. The van der Waals surface area contributed by atoms with Crippen molar-refractivity contribution in [3.63, 3.8) is 0 Å². The van der Waals surface area contributed by atoms with E-state index >= 15 is 0 Å². The minimum absolute atomic E-state index is 0.168. The molecule has 0 fully saturated rings. The van der Waals surface area contributed by atoms with Gasteiger partial charge in [-0.2, -0.15) is 0 Å². The van der Waals surface area contributed by atoms with Gasteiger partial charge in [0, 0.05) is 12.1 Å². The summed E-state index contributed by atoms with van der Waals surface area (Å²) in [5.41, 5.74) is 1.66. The number of hydrogen-bond donors (Lipinski definition) is 2. The van der Waals surface area contributed by atoms with Crippen LogP contribution in [0.4, 0.5) is 0 Å². The number of nitrogens with one attached hydrogen (secondary N) is 2. The summed E-state index contributed by atoms with van der Waals surface area (Å²) in [4.78, 5) is 12.4. The molecule has 0 spiro atoms. The number of rotatable bonds is 10. The molecule has 9 heteroatoms. The quantitative estimate of drug-likeness (QED) is 0.497. The van der Waals surface area contributed by atoms with Crippen LogP contribution in [0.25, 0.3) is 0 Å². The molecule has 0 unspecified atom stereocenters. The first kappa shape index (κ1) is 26.5. The molecular formula is C24H29ClN2O5S. The molecule has 0 aliphatic heterocycles. The lowest BCUT2D eigenvalue weighted by Crippen LogP contribution is -2.49. The van der Waals surface area contributed by atoms with Gasteiger partial charge in [0.15, 0.2) is 11.5 Å². The molecule has 0 heterocycles. The topological polar surface area (TPSA) is 93.7 Å². The van der Waals surface area contributed by atoms with Gasteiger partial charge in [-0.15, -0.1) is 0 Å². The zero-order valence-electron chi connectivity index (χ0n) is 19.1. The fourth-order valence-corrected chi connectivity index (χ4v) is 3.98. The maximum Gasteiger partial charge on any atom is 0.238 e. The number of amides is 1. The van der Waals surface area contributed by atoms with Crippen LogP contribution in [0.15, 0.2) is 42.5 Å². The third-order valence-electron chi connectivity index (χ3n) is 4.63. The van der Waals surface area contributed by atoms with Crippen LogP contribution in [-0.4, -0.2) is 46.9 Å². The van der Waals surface area contributed by atoms with Crippen molar-refractivity contribution in [2.75, 3.05) is 26.5 Å². The molecule has 2 aromatic rings. The van der Waals surface area contributed by atoms with Gasteiger partial charge in [-0.05, 0) is 42.2 Å². The van der Waals surface area contributed by atoms with Crippen LogP contribution in [0.2, 0.25) is 5.02 Å². The van der Waals surface area contributed by atoms with Crippen molar-refractivity contribution in [3.8, 4) is 23.3 Å². The predicted octanol–water partition coefficient (Wildman–Crippen LogP) is 3.01. The Morgan fingerprint density at radius 3 is 2.52 bits per heavy atom. The van der Waals surface area contributed by atoms with E-state index in [0.717, 1.165) is 17.4 Å². The van der Waals surface area contributed by atoms with Gasteiger partial charge in [-0.25, -0.2) is 13.1 Å². The van der Waals surface area contributed by atoms with Crippen molar-refractivity contribution >= 4 is 27.5 Å². The molecule has 178 valence electrons. The van der Waals surface area contributed by atoms with Crippen molar-refractivity contribution in [1.29, 1.82) is 0 Å². The first-order valence-corrected chi connectivity index (χ1v) is 12.7. The van der Waals surface area contributed by atoms with Crippen LogP contribution < -0.4 is 19.5 Å².